The van der Waals surface area contributed by atoms with Gasteiger partial charge in [-0.15, -0.1) is 0 Å². The highest BCUT2D eigenvalue weighted by Gasteiger charge is 2.18. The summed E-state index contributed by atoms with van der Waals surface area (Å²) in [5.74, 6) is -1.68. The van der Waals surface area contributed by atoms with E-state index in [9.17, 15) is 18.0 Å². The number of hydrogen-bond acceptors (Lipinski definition) is 8. The maximum Gasteiger partial charge on any atom is 0.338 e. The number of hydrogen-bond donors (Lipinski definition) is 2. The van der Waals surface area contributed by atoms with Crippen molar-refractivity contribution in [2.24, 2.45) is 0 Å². The van der Waals surface area contributed by atoms with Gasteiger partial charge in [-0.1, -0.05) is 6.07 Å². The maximum atomic E-state index is 12.5. The van der Waals surface area contributed by atoms with Crippen molar-refractivity contribution >= 4 is 27.9 Å². The number of aromatic carboxylic acids is 1. The molecule has 0 aliphatic rings. The van der Waals surface area contributed by atoms with E-state index in [0.717, 1.165) is 12.4 Å². The first kappa shape index (κ1) is 22.1. The number of sulfonamides is 1. The highest BCUT2D eigenvalue weighted by Crippen LogP contribution is 2.20. The van der Waals surface area contributed by atoms with E-state index < -0.39 is 27.6 Å². The van der Waals surface area contributed by atoms with E-state index in [1.165, 1.54) is 18.2 Å². The van der Waals surface area contributed by atoms with E-state index in [4.69, 9.17) is 14.6 Å². The van der Waals surface area contributed by atoms with E-state index in [1.54, 1.807) is 26.8 Å². The highest BCUT2D eigenvalue weighted by atomic mass is 32.2. The number of carbonyl (C=O) groups is 2. The molecule has 156 valence electrons. The summed E-state index contributed by atoms with van der Waals surface area (Å²) in [6.07, 6.45) is 1.99. The number of carboxylic acids is 1. The van der Waals surface area contributed by atoms with Gasteiger partial charge in [0.1, 0.15) is 11.4 Å². The van der Waals surface area contributed by atoms with E-state index in [2.05, 4.69) is 14.7 Å². The van der Waals surface area contributed by atoms with Crippen LogP contribution in [0.5, 0.6) is 5.75 Å². The molecule has 1 aromatic heterocycles. The molecular weight excluding hydrogens is 402 g/mol. The molecular formula is C18H21N3O7S. The number of benzene rings is 1. The molecule has 0 saturated carbocycles. The van der Waals surface area contributed by atoms with Crippen LogP contribution in [0.3, 0.4) is 0 Å². The molecule has 2 aromatic rings. The lowest BCUT2D eigenvalue weighted by Crippen LogP contribution is -2.24. The van der Waals surface area contributed by atoms with Gasteiger partial charge in [0.2, 0.25) is 5.95 Å². The Balaban J connectivity index is 2.01. The smallest absolute Gasteiger partial charge is 0.338 e. The van der Waals surface area contributed by atoms with Crippen LogP contribution >= 0.6 is 0 Å². The first-order valence-electron chi connectivity index (χ1n) is 8.49. The lowest BCUT2D eigenvalue weighted by Gasteiger charge is -2.19. The molecule has 2 N–H and O–H groups in total. The van der Waals surface area contributed by atoms with Crippen LogP contribution in [0.4, 0.5) is 5.95 Å². The van der Waals surface area contributed by atoms with Crippen LogP contribution < -0.4 is 9.46 Å². The fourth-order valence-electron chi connectivity index (χ4n) is 2.05. The van der Waals surface area contributed by atoms with Crippen molar-refractivity contribution in [3.63, 3.8) is 0 Å². The number of esters is 1. The van der Waals surface area contributed by atoms with E-state index in [0.29, 0.717) is 0 Å². The number of rotatable bonds is 8. The van der Waals surface area contributed by atoms with Gasteiger partial charge in [-0.25, -0.2) is 27.9 Å². The Morgan fingerprint density at radius 2 is 1.83 bits per heavy atom. The minimum absolute atomic E-state index is 0.0102. The molecule has 0 aliphatic heterocycles. The van der Waals surface area contributed by atoms with Crippen molar-refractivity contribution in [1.82, 2.24) is 9.97 Å². The summed E-state index contributed by atoms with van der Waals surface area (Å²) in [6.45, 7) is 5.29. The average Bonchev–Trinajstić information content (AvgIpc) is 2.60. The molecule has 0 amide bonds. The van der Waals surface area contributed by atoms with Crippen LogP contribution in [0.2, 0.25) is 0 Å². The standard InChI is InChI=1S/C18H21N3O7S/c1-18(2,3)28-15(22)7-8-27-13-5-4-6-14(9-13)29(25,26)21-17-19-10-12(11-20-17)16(23)24/h4-6,9-11H,7-8H2,1-3H3,(H,23,24)(H,19,20,21). The van der Waals surface area contributed by atoms with Crippen LogP contribution in [0.15, 0.2) is 41.6 Å². The summed E-state index contributed by atoms with van der Waals surface area (Å²) < 4.78 is 37.7. The summed E-state index contributed by atoms with van der Waals surface area (Å²) in [5.41, 5.74) is -0.769. The summed E-state index contributed by atoms with van der Waals surface area (Å²) in [7, 11) is -4.03. The van der Waals surface area contributed by atoms with Gasteiger partial charge >= 0.3 is 11.9 Å². The minimum Gasteiger partial charge on any atom is -0.493 e. The average molecular weight is 423 g/mol. The van der Waals surface area contributed by atoms with Gasteiger partial charge in [0.05, 0.1) is 23.5 Å². The molecule has 0 unspecified atom stereocenters. The number of carbonyl (C=O) groups excluding carboxylic acids is 1. The van der Waals surface area contributed by atoms with E-state index >= 15 is 0 Å². The third-order valence-electron chi connectivity index (χ3n) is 3.24. The van der Waals surface area contributed by atoms with Gasteiger partial charge in [0.15, 0.2) is 0 Å². The number of aromatic nitrogens is 2. The maximum absolute atomic E-state index is 12.5. The molecule has 29 heavy (non-hydrogen) atoms. The predicted octanol–water partition coefficient (Wildman–Crippen LogP) is 2.09. The fraction of sp³-hybridized carbons (Fsp3) is 0.333. The number of carboxylic acid groups (broad SMARTS) is 1. The summed E-state index contributed by atoms with van der Waals surface area (Å²) in [4.78, 5) is 29.7. The molecule has 0 aliphatic carbocycles. The van der Waals surface area contributed by atoms with Crippen molar-refractivity contribution < 1.29 is 32.6 Å². The zero-order valence-electron chi connectivity index (χ0n) is 16.1. The zero-order chi connectivity index (χ0) is 21.7. The van der Waals surface area contributed by atoms with E-state index in [-0.39, 0.29) is 35.2 Å². The quantitative estimate of drug-likeness (QED) is 0.609. The van der Waals surface area contributed by atoms with Crippen LogP contribution in [0.1, 0.15) is 37.6 Å². The molecule has 11 heteroatoms. The number of anilines is 1. The highest BCUT2D eigenvalue weighted by molar-refractivity contribution is 7.92. The van der Waals surface area contributed by atoms with Gasteiger partial charge in [-0.05, 0) is 32.9 Å². The first-order chi connectivity index (χ1) is 13.5. The Morgan fingerprint density at radius 3 is 2.41 bits per heavy atom. The van der Waals surface area contributed by atoms with Crippen molar-refractivity contribution in [2.45, 2.75) is 37.7 Å². The Bertz CT molecular complexity index is 983. The van der Waals surface area contributed by atoms with Crippen LogP contribution in [0.25, 0.3) is 0 Å². The van der Waals surface area contributed by atoms with Gasteiger partial charge in [0, 0.05) is 18.5 Å². The molecule has 0 saturated heterocycles. The molecule has 1 heterocycles. The molecule has 0 atom stereocenters. The number of ether oxygens (including phenoxy) is 2. The normalized spacial score (nSPS) is 11.6. The minimum atomic E-state index is -4.03. The number of nitrogens with one attached hydrogen (secondary N) is 1. The Hall–Kier alpha value is -3.21. The molecule has 0 bridgehead atoms. The Labute approximate surface area is 168 Å². The molecule has 0 radical (unpaired) electrons. The first-order valence-corrected chi connectivity index (χ1v) is 9.97. The van der Waals surface area contributed by atoms with Crippen molar-refractivity contribution in [3.8, 4) is 5.75 Å². The molecule has 0 fully saturated rings. The lowest BCUT2D eigenvalue weighted by molar-refractivity contribution is -0.155. The summed E-state index contributed by atoms with van der Waals surface area (Å²) in [5, 5.41) is 8.82. The van der Waals surface area contributed by atoms with Crippen LogP contribution in [0, 0.1) is 0 Å². The Kier molecular flexibility index (Phi) is 6.75. The van der Waals surface area contributed by atoms with Crippen molar-refractivity contribution in [2.75, 3.05) is 11.3 Å². The van der Waals surface area contributed by atoms with Gasteiger partial charge in [-0.2, -0.15) is 0 Å². The van der Waals surface area contributed by atoms with Gasteiger partial charge in [-0.3, -0.25) is 4.79 Å². The lowest BCUT2D eigenvalue weighted by atomic mass is 10.2. The molecule has 0 spiro atoms. The summed E-state index contributed by atoms with van der Waals surface area (Å²) in [6, 6.07) is 5.65. The second kappa shape index (κ2) is 8.86. The van der Waals surface area contributed by atoms with Crippen molar-refractivity contribution in [1.29, 1.82) is 0 Å². The van der Waals surface area contributed by atoms with Gasteiger partial charge in [0.25, 0.3) is 10.0 Å². The number of nitrogens with zero attached hydrogens (tertiary/aromatic N) is 2. The topological polar surface area (TPSA) is 145 Å². The van der Waals surface area contributed by atoms with Crippen LogP contribution in [-0.2, 0) is 19.6 Å². The second-order valence-electron chi connectivity index (χ2n) is 6.87. The molecule has 10 nitrogen and oxygen atoms in total. The monoisotopic (exact) mass is 423 g/mol. The largest absolute Gasteiger partial charge is 0.493 e. The third-order valence-corrected chi connectivity index (χ3v) is 4.56. The van der Waals surface area contributed by atoms with Gasteiger partial charge < -0.3 is 14.6 Å². The Morgan fingerprint density at radius 1 is 1.17 bits per heavy atom. The second-order valence-corrected chi connectivity index (χ2v) is 8.55. The zero-order valence-corrected chi connectivity index (χ0v) is 16.9. The fourth-order valence-corrected chi connectivity index (χ4v) is 3.04. The third kappa shape index (κ3) is 7.03. The molecule has 2 rings (SSSR count). The SMILES string of the molecule is CC(C)(C)OC(=O)CCOc1cccc(S(=O)(=O)Nc2ncc(C(=O)O)cn2)c1. The molecule has 1 aromatic carbocycles. The predicted molar refractivity (Wildman–Crippen MR) is 102 cm³/mol. The van der Waals surface area contributed by atoms with Crippen molar-refractivity contribution in [3.05, 3.63) is 42.2 Å². The van der Waals surface area contributed by atoms with E-state index in [1.807, 2.05) is 0 Å². The van der Waals surface area contributed by atoms with Crippen LogP contribution in [-0.4, -0.2) is 47.6 Å². The summed E-state index contributed by atoms with van der Waals surface area (Å²) >= 11 is 0.